The van der Waals surface area contributed by atoms with Crippen LogP contribution in [0.4, 0.5) is 13.2 Å². The molecule has 0 amide bonds. The number of nitrogens with zero attached hydrogens (tertiary/aromatic N) is 1. The molecule has 7 heteroatoms. The number of hydrogen-bond donors (Lipinski definition) is 1. The van der Waals surface area contributed by atoms with Crippen LogP contribution in [0.3, 0.4) is 0 Å². The average Bonchev–Trinajstić information content (AvgIpc) is 3.16. The van der Waals surface area contributed by atoms with Gasteiger partial charge in [-0.05, 0) is 54.7 Å². The van der Waals surface area contributed by atoms with Crippen molar-refractivity contribution in [1.29, 1.82) is 0 Å². The summed E-state index contributed by atoms with van der Waals surface area (Å²) < 4.78 is 48.9. The first-order valence-electron chi connectivity index (χ1n) is 11.0. The lowest BCUT2D eigenvalue weighted by Crippen LogP contribution is -2.45. The van der Waals surface area contributed by atoms with E-state index in [0.29, 0.717) is 13.0 Å². The molecule has 0 fully saturated rings. The highest BCUT2D eigenvalue weighted by molar-refractivity contribution is 5.87. The maximum atomic E-state index is 15.5. The predicted molar refractivity (Wildman–Crippen MR) is 123 cm³/mol. The van der Waals surface area contributed by atoms with Crippen LogP contribution in [0.1, 0.15) is 42.3 Å². The van der Waals surface area contributed by atoms with Crippen molar-refractivity contribution in [2.24, 2.45) is 5.92 Å². The molecule has 1 N–H and O–H groups in total. The van der Waals surface area contributed by atoms with Gasteiger partial charge in [-0.15, -0.1) is 0 Å². The van der Waals surface area contributed by atoms with E-state index in [2.05, 4.69) is 9.72 Å². The lowest BCUT2D eigenvalue weighted by Gasteiger charge is -2.42. The van der Waals surface area contributed by atoms with Crippen molar-refractivity contribution in [3.05, 3.63) is 76.5 Å². The zero-order chi connectivity index (χ0) is 23.7. The highest BCUT2D eigenvalue weighted by Gasteiger charge is 2.39. The Kier molecular flexibility index (Phi) is 6.61. The molecule has 1 aromatic heterocycles. The third kappa shape index (κ3) is 4.42. The molecule has 2 heterocycles. The van der Waals surface area contributed by atoms with Gasteiger partial charge in [0.1, 0.15) is 11.6 Å². The second-order valence-electron chi connectivity index (χ2n) is 8.73. The van der Waals surface area contributed by atoms with E-state index in [9.17, 15) is 9.18 Å². The fourth-order valence-electron chi connectivity index (χ4n) is 4.71. The van der Waals surface area contributed by atoms with E-state index in [0.717, 1.165) is 28.2 Å². The maximum Gasteiger partial charge on any atom is 0.330 e. The first-order chi connectivity index (χ1) is 15.8. The number of methoxy groups -OCH3 is 1. The van der Waals surface area contributed by atoms with Crippen molar-refractivity contribution in [2.75, 3.05) is 20.3 Å². The highest BCUT2D eigenvalue weighted by atomic mass is 19.1. The summed E-state index contributed by atoms with van der Waals surface area (Å²) in [5, 5.41) is 1.03. The lowest BCUT2D eigenvalue weighted by molar-refractivity contribution is -0.134. The number of ether oxygens (including phenoxy) is 1. The van der Waals surface area contributed by atoms with Crippen molar-refractivity contribution < 1.29 is 22.7 Å². The molecule has 33 heavy (non-hydrogen) atoms. The van der Waals surface area contributed by atoms with E-state index in [-0.39, 0.29) is 23.1 Å². The second kappa shape index (κ2) is 9.43. The first-order valence-corrected chi connectivity index (χ1v) is 11.0. The van der Waals surface area contributed by atoms with Gasteiger partial charge in [0.15, 0.2) is 0 Å². The van der Waals surface area contributed by atoms with Gasteiger partial charge in [-0.2, -0.15) is 0 Å². The molecule has 0 spiro atoms. The fraction of sp³-hybridized carbons (Fsp3) is 0.346. The molecule has 0 radical (unpaired) electrons. The van der Waals surface area contributed by atoms with Crippen molar-refractivity contribution in [3.63, 3.8) is 0 Å². The van der Waals surface area contributed by atoms with E-state index in [4.69, 9.17) is 0 Å². The number of esters is 1. The largest absolute Gasteiger partial charge is 0.466 e. The highest BCUT2D eigenvalue weighted by Crippen LogP contribution is 2.42. The van der Waals surface area contributed by atoms with Gasteiger partial charge in [-0.3, -0.25) is 9.29 Å². The number of hydrogen-bond acceptors (Lipinski definition) is 3. The van der Waals surface area contributed by atoms with Crippen LogP contribution in [0.25, 0.3) is 17.0 Å². The topological polar surface area (TPSA) is 45.3 Å². The van der Waals surface area contributed by atoms with Gasteiger partial charge in [-0.25, -0.2) is 13.6 Å². The van der Waals surface area contributed by atoms with Crippen LogP contribution in [0.5, 0.6) is 0 Å². The molecular formula is C26H27F3N2O2. The summed E-state index contributed by atoms with van der Waals surface area (Å²) in [5.74, 6) is -2.34. The molecule has 174 valence electrons. The Morgan fingerprint density at radius 1 is 1.27 bits per heavy atom. The maximum absolute atomic E-state index is 15.5. The molecular weight excluding hydrogens is 429 g/mol. The minimum Gasteiger partial charge on any atom is -0.466 e. The molecule has 0 aliphatic carbocycles. The minimum atomic E-state index is -0.733. The van der Waals surface area contributed by atoms with Crippen LogP contribution in [0.2, 0.25) is 0 Å². The number of rotatable bonds is 6. The zero-order valence-corrected chi connectivity index (χ0v) is 18.9. The Labute approximate surface area is 191 Å². The average molecular weight is 457 g/mol. The Morgan fingerprint density at radius 2 is 1.97 bits per heavy atom. The van der Waals surface area contributed by atoms with Gasteiger partial charge in [0.05, 0.1) is 19.8 Å². The van der Waals surface area contributed by atoms with Crippen molar-refractivity contribution in [3.8, 4) is 0 Å². The SMILES string of the molecule is COC(=O)C=Cc1cc(F)c([C@@H]2c3[nH]c4ccccc4c3C[C@@H](C)N2CC(C)CF)c(F)c1. The van der Waals surface area contributed by atoms with Gasteiger partial charge in [0, 0.05) is 40.8 Å². The van der Waals surface area contributed by atoms with Gasteiger partial charge >= 0.3 is 5.97 Å². The molecule has 0 bridgehead atoms. The van der Waals surface area contributed by atoms with E-state index in [1.54, 1.807) is 6.92 Å². The monoisotopic (exact) mass is 456 g/mol. The molecule has 0 saturated carbocycles. The summed E-state index contributed by atoms with van der Waals surface area (Å²) in [4.78, 5) is 16.7. The molecule has 3 atom stereocenters. The summed E-state index contributed by atoms with van der Waals surface area (Å²) >= 11 is 0. The molecule has 4 nitrogen and oxygen atoms in total. The van der Waals surface area contributed by atoms with E-state index < -0.39 is 30.3 Å². The number of benzene rings is 2. The Hall–Kier alpha value is -3.06. The Balaban J connectivity index is 1.87. The van der Waals surface area contributed by atoms with Crippen molar-refractivity contribution in [1.82, 2.24) is 9.88 Å². The fourth-order valence-corrected chi connectivity index (χ4v) is 4.71. The molecule has 2 aromatic carbocycles. The van der Waals surface area contributed by atoms with E-state index in [1.165, 1.54) is 25.3 Å². The number of para-hydroxylation sites is 1. The van der Waals surface area contributed by atoms with Crippen LogP contribution in [0.15, 0.2) is 42.5 Å². The number of carbonyl (C=O) groups is 1. The third-order valence-electron chi connectivity index (χ3n) is 6.29. The number of fused-ring (bicyclic) bond motifs is 3. The zero-order valence-electron chi connectivity index (χ0n) is 18.9. The third-order valence-corrected chi connectivity index (χ3v) is 6.29. The normalized spacial score (nSPS) is 19.7. The molecule has 3 aromatic rings. The van der Waals surface area contributed by atoms with Crippen molar-refractivity contribution >= 4 is 22.9 Å². The minimum absolute atomic E-state index is 0.0478. The molecule has 1 aliphatic rings. The number of carbonyl (C=O) groups excluding carboxylic acids is 1. The van der Waals surface area contributed by atoms with Gasteiger partial charge in [0.2, 0.25) is 0 Å². The van der Waals surface area contributed by atoms with Crippen LogP contribution in [-0.2, 0) is 16.0 Å². The summed E-state index contributed by atoms with van der Waals surface area (Å²) in [7, 11) is 1.23. The smallest absolute Gasteiger partial charge is 0.330 e. The molecule has 1 unspecified atom stereocenters. The number of nitrogens with one attached hydrogen (secondary N) is 1. The quantitative estimate of drug-likeness (QED) is 0.389. The Bertz CT molecular complexity index is 1180. The lowest BCUT2D eigenvalue weighted by atomic mass is 9.87. The Morgan fingerprint density at radius 3 is 2.64 bits per heavy atom. The number of H-pyrrole nitrogens is 1. The van der Waals surface area contributed by atoms with Gasteiger partial charge in [0.25, 0.3) is 0 Å². The van der Waals surface area contributed by atoms with E-state index >= 15 is 8.78 Å². The molecule has 1 aliphatic heterocycles. The predicted octanol–water partition coefficient (Wildman–Crippen LogP) is 5.57. The summed E-state index contributed by atoms with van der Waals surface area (Å²) in [6, 6.07) is 9.43. The standard InChI is InChI=1S/C26H27F3N2O2/c1-15(13-27)14-31-16(2)10-19-18-6-4-5-7-22(18)30-25(19)26(31)24-20(28)11-17(12-21(24)29)8-9-23(32)33-3/h4-9,11-12,15-16,26,30H,10,13-14H2,1-3H3/t15?,16-,26-/m1/s1. The van der Waals surface area contributed by atoms with Crippen LogP contribution in [0, 0.1) is 17.6 Å². The molecule has 4 rings (SSSR count). The van der Waals surface area contributed by atoms with Crippen LogP contribution in [-0.4, -0.2) is 42.2 Å². The number of aromatic amines is 1. The molecule has 0 saturated heterocycles. The summed E-state index contributed by atoms with van der Waals surface area (Å²) in [6.07, 6.45) is 3.11. The first kappa shape index (κ1) is 23.1. The van der Waals surface area contributed by atoms with E-state index in [1.807, 2.05) is 36.1 Å². The summed E-state index contributed by atoms with van der Waals surface area (Å²) in [5.41, 5.74) is 2.79. The van der Waals surface area contributed by atoms with Crippen LogP contribution < -0.4 is 0 Å². The van der Waals surface area contributed by atoms with Gasteiger partial charge < -0.3 is 9.72 Å². The van der Waals surface area contributed by atoms with Crippen LogP contribution >= 0.6 is 0 Å². The van der Waals surface area contributed by atoms with Gasteiger partial charge in [-0.1, -0.05) is 25.1 Å². The number of alkyl halides is 1. The number of aromatic nitrogens is 1. The number of halogens is 3. The summed E-state index contributed by atoms with van der Waals surface area (Å²) in [6.45, 7) is 3.64. The van der Waals surface area contributed by atoms with Crippen molar-refractivity contribution in [2.45, 2.75) is 32.4 Å². The second-order valence-corrected chi connectivity index (χ2v) is 8.73.